The van der Waals surface area contributed by atoms with Crippen LogP contribution in [0.3, 0.4) is 0 Å². The molecule has 0 aliphatic rings. The van der Waals surface area contributed by atoms with Gasteiger partial charge in [-0.15, -0.1) is 0 Å². The second kappa shape index (κ2) is 5.31. The Morgan fingerprint density at radius 1 is 1.41 bits per heavy atom. The van der Waals surface area contributed by atoms with Crippen molar-refractivity contribution in [1.29, 1.82) is 0 Å². The number of hydrogen-bond acceptors (Lipinski definition) is 5. The molecule has 0 spiro atoms. The van der Waals surface area contributed by atoms with Gasteiger partial charge < -0.3 is 21.4 Å². The van der Waals surface area contributed by atoms with Crippen LogP contribution >= 0.6 is 0 Å². The first-order valence-electron chi connectivity index (χ1n) is 5.46. The van der Waals surface area contributed by atoms with E-state index in [0.717, 1.165) is 17.5 Å². The Balaban J connectivity index is 2.01. The molecule has 0 saturated carbocycles. The van der Waals surface area contributed by atoms with Gasteiger partial charge >= 0.3 is 0 Å². The SMILES string of the molecule is CC(N)CNc1cc(Nc2ccc[nH]2)ncn1. The van der Waals surface area contributed by atoms with Crippen LogP contribution in [0.5, 0.6) is 0 Å². The summed E-state index contributed by atoms with van der Waals surface area (Å²) in [6, 6.07) is 5.77. The number of aromatic nitrogens is 3. The topological polar surface area (TPSA) is 91.7 Å². The van der Waals surface area contributed by atoms with Crippen LogP contribution in [0.1, 0.15) is 6.92 Å². The smallest absolute Gasteiger partial charge is 0.136 e. The number of hydrogen-bond donors (Lipinski definition) is 4. The van der Waals surface area contributed by atoms with Gasteiger partial charge in [-0.05, 0) is 19.1 Å². The van der Waals surface area contributed by atoms with Crippen LogP contribution in [0.25, 0.3) is 0 Å². The van der Waals surface area contributed by atoms with E-state index in [1.54, 1.807) is 0 Å². The first kappa shape index (κ1) is 11.4. The second-order valence-electron chi connectivity index (χ2n) is 3.86. The Labute approximate surface area is 99.7 Å². The van der Waals surface area contributed by atoms with E-state index in [1.807, 2.05) is 31.3 Å². The van der Waals surface area contributed by atoms with Gasteiger partial charge in [0.05, 0.1) is 0 Å². The van der Waals surface area contributed by atoms with Crippen LogP contribution in [-0.4, -0.2) is 27.5 Å². The zero-order chi connectivity index (χ0) is 12.1. The maximum Gasteiger partial charge on any atom is 0.136 e. The summed E-state index contributed by atoms with van der Waals surface area (Å²) >= 11 is 0. The third-order valence-electron chi connectivity index (χ3n) is 2.13. The highest BCUT2D eigenvalue weighted by Gasteiger charge is 2.00. The van der Waals surface area contributed by atoms with E-state index in [0.29, 0.717) is 6.54 Å². The van der Waals surface area contributed by atoms with Crippen molar-refractivity contribution in [2.45, 2.75) is 13.0 Å². The van der Waals surface area contributed by atoms with Crippen LogP contribution < -0.4 is 16.4 Å². The maximum absolute atomic E-state index is 5.66. The Hall–Kier alpha value is -2.08. The van der Waals surface area contributed by atoms with Crippen molar-refractivity contribution in [2.75, 3.05) is 17.2 Å². The van der Waals surface area contributed by atoms with Gasteiger partial charge in [0.2, 0.25) is 0 Å². The normalized spacial score (nSPS) is 12.1. The molecule has 2 rings (SSSR count). The van der Waals surface area contributed by atoms with Crippen molar-refractivity contribution in [2.24, 2.45) is 5.73 Å². The van der Waals surface area contributed by atoms with Gasteiger partial charge in [-0.1, -0.05) is 0 Å². The molecule has 0 bridgehead atoms. The van der Waals surface area contributed by atoms with Crippen molar-refractivity contribution < 1.29 is 0 Å². The fourth-order valence-electron chi connectivity index (χ4n) is 1.33. The molecule has 0 aliphatic heterocycles. The van der Waals surface area contributed by atoms with Gasteiger partial charge in [0, 0.05) is 24.8 Å². The molecule has 2 heterocycles. The van der Waals surface area contributed by atoms with E-state index >= 15 is 0 Å². The van der Waals surface area contributed by atoms with Crippen molar-refractivity contribution in [3.05, 3.63) is 30.7 Å². The summed E-state index contributed by atoms with van der Waals surface area (Å²) in [5.41, 5.74) is 5.66. The molecular formula is C11H16N6. The van der Waals surface area contributed by atoms with E-state index in [-0.39, 0.29) is 6.04 Å². The first-order chi connectivity index (χ1) is 8.24. The van der Waals surface area contributed by atoms with Crippen LogP contribution in [0, 0.1) is 0 Å². The van der Waals surface area contributed by atoms with E-state index in [2.05, 4.69) is 25.6 Å². The summed E-state index contributed by atoms with van der Waals surface area (Å²) < 4.78 is 0. The van der Waals surface area contributed by atoms with Gasteiger partial charge in [0.15, 0.2) is 0 Å². The number of H-pyrrole nitrogens is 1. The molecule has 6 heteroatoms. The van der Waals surface area contributed by atoms with E-state index in [4.69, 9.17) is 5.73 Å². The number of nitrogens with two attached hydrogens (primary N) is 1. The van der Waals surface area contributed by atoms with Gasteiger partial charge in [0.25, 0.3) is 0 Å². The minimum atomic E-state index is 0.0878. The summed E-state index contributed by atoms with van der Waals surface area (Å²) in [7, 11) is 0. The van der Waals surface area contributed by atoms with E-state index < -0.39 is 0 Å². The largest absolute Gasteiger partial charge is 0.368 e. The Bertz CT molecular complexity index is 451. The number of rotatable bonds is 5. The fourth-order valence-corrected chi connectivity index (χ4v) is 1.33. The Morgan fingerprint density at radius 2 is 2.24 bits per heavy atom. The predicted octanol–water partition coefficient (Wildman–Crippen LogP) is 1.31. The van der Waals surface area contributed by atoms with Crippen molar-refractivity contribution in [3.8, 4) is 0 Å². The number of aromatic amines is 1. The summed E-state index contributed by atoms with van der Waals surface area (Å²) in [6.45, 7) is 2.62. The molecular weight excluding hydrogens is 216 g/mol. The zero-order valence-corrected chi connectivity index (χ0v) is 9.64. The zero-order valence-electron chi connectivity index (χ0n) is 9.64. The molecule has 0 saturated heterocycles. The van der Waals surface area contributed by atoms with E-state index in [1.165, 1.54) is 6.33 Å². The van der Waals surface area contributed by atoms with Crippen LogP contribution in [0.4, 0.5) is 17.5 Å². The molecule has 6 nitrogen and oxygen atoms in total. The predicted molar refractivity (Wildman–Crippen MR) is 68.2 cm³/mol. The molecule has 0 aromatic carbocycles. The summed E-state index contributed by atoms with van der Waals surface area (Å²) in [5, 5.41) is 6.27. The molecule has 1 atom stereocenters. The minimum absolute atomic E-state index is 0.0878. The van der Waals surface area contributed by atoms with Crippen LogP contribution in [0.2, 0.25) is 0 Å². The highest BCUT2D eigenvalue weighted by Crippen LogP contribution is 2.13. The molecule has 0 radical (unpaired) electrons. The molecule has 17 heavy (non-hydrogen) atoms. The van der Waals surface area contributed by atoms with Crippen LogP contribution in [-0.2, 0) is 0 Å². The van der Waals surface area contributed by atoms with Crippen molar-refractivity contribution in [3.63, 3.8) is 0 Å². The van der Waals surface area contributed by atoms with Gasteiger partial charge in [-0.2, -0.15) is 0 Å². The lowest BCUT2D eigenvalue weighted by Gasteiger charge is -2.09. The van der Waals surface area contributed by atoms with E-state index in [9.17, 15) is 0 Å². The summed E-state index contributed by atoms with van der Waals surface area (Å²) in [4.78, 5) is 11.3. The molecule has 0 aliphatic carbocycles. The fraction of sp³-hybridized carbons (Fsp3) is 0.273. The van der Waals surface area contributed by atoms with Gasteiger partial charge in [-0.25, -0.2) is 9.97 Å². The Morgan fingerprint density at radius 3 is 2.94 bits per heavy atom. The quantitative estimate of drug-likeness (QED) is 0.624. The second-order valence-corrected chi connectivity index (χ2v) is 3.86. The molecule has 0 fully saturated rings. The third kappa shape index (κ3) is 3.46. The Kier molecular flexibility index (Phi) is 3.56. The minimum Gasteiger partial charge on any atom is -0.368 e. The summed E-state index contributed by atoms with van der Waals surface area (Å²) in [5.74, 6) is 2.38. The molecule has 2 aromatic rings. The summed E-state index contributed by atoms with van der Waals surface area (Å²) in [6.07, 6.45) is 3.35. The molecule has 1 unspecified atom stereocenters. The standard InChI is InChI=1S/C11H16N6/c1-8(12)6-14-10-5-11(16-7-15-10)17-9-3-2-4-13-9/h2-5,7-8,13H,6,12H2,1H3,(H2,14,15,16,17). The van der Waals surface area contributed by atoms with Crippen molar-refractivity contribution >= 4 is 17.5 Å². The molecule has 0 amide bonds. The maximum atomic E-state index is 5.66. The van der Waals surface area contributed by atoms with Crippen LogP contribution in [0.15, 0.2) is 30.7 Å². The average Bonchev–Trinajstić information content (AvgIpc) is 2.80. The number of nitrogens with one attached hydrogen (secondary N) is 3. The van der Waals surface area contributed by atoms with Gasteiger partial charge in [0.1, 0.15) is 23.8 Å². The molecule has 5 N–H and O–H groups in total. The third-order valence-corrected chi connectivity index (χ3v) is 2.13. The lowest BCUT2D eigenvalue weighted by Crippen LogP contribution is -2.25. The lowest BCUT2D eigenvalue weighted by atomic mass is 10.3. The number of nitrogens with zero attached hydrogens (tertiary/aromatic N) is 2. The van der Waals surface area contributed by atoms with Gasteiger partial charge in [-0.3, -0.25) is 0 Å². The number of anilines is 3. The molecule has 90 valence electrons. The first-order valence-corrected chi connectivity index (χ1v) is 5.46. The molecule has 2 aromatic heterocycles. The monoisotopic (exact) mass is 232 g/mol. The van der Waals surface area contributed by atoms with Crippen molar-refractivity contribution in [1.82, 2.24) is 15.0 Å². The lowest BCUT2D eigenvalue weighted by molar-refractivity contribution is 0.777. The average molecular weight is 232 g/mol. The highest BCUT2D eigenvalue weighted by molar-refractivity contribution is 5.55. The highest BCUT2D eigenvalue weighted by atomic mass is 15.1.